The number of nitrogens with two attached hydrogens (primary N) is 1. The molecule has 4 aromatic rings. The van der Waals surface area contributed by atoms with Crippen LogP contribution in [0.5, 0.6) is 5.75 Å². The topological polar surface area (TPSA) is 101 Å². The maximum absolute atomic E-state index is 11.5. The van der Waals surface area contributed by atoms with Crippen LogP contribution in [0.3, 0.4) is 0 Å². The molecule has 7 heteroatoms. The molecule has 0 saturated heterocycles. The number of carbonyl (C=O) groups is 1. The molecule has 6 nitrogen and oxygen atoms in total. The first kappa shape index (κ1) is 20.9. The van der Waals surface area contributed by atoms with Gasteiger partial charge in [0.15, 0.2) is 0 Å². The molecule has 0 unspecified atom stereocenters. The third-order valence-corrected chi connectivity index (χ3v) is 5.64. The number of hydrogen-bond donors (Lipinski definition) is 3. The summed E-state index contributed by atoms with van der Waals surface area (Å²) >= 11 is 6.54. The molecule has 0 bridgehead atoms. The summed E-state index contributed by atoms with van der Waals surface area (Å²) in [5, 5.41) is 19.1. The van der Waals surface area contributed by atoms with E-state index < -0.39 is 0 Å². The molecule has 0 fully saturated rings. The van der Waals surface area contributed by atoms with Crippen LogP contribution in [0.1, 0.15) is 17.7 Å². The lowest BCUT2D eigenvalue weighted by molar-refractivity contribution is -0.140. The fourth-order valence-electron chi connectivity index (χ4n) is 3.60. The number of phenolic OH excluding ortho intramolecular Hbond substituents is 1. The number of aromatic hydroxyl groups is 1. The summed E-state index contributed by atoms with van der Waals surface area (Å²) < 4.78 is 4.72. The second-order valence-corrected chi connectivity index (χ2v) is 7.66. The van der Waals surface area contributed by atoms with E-state index in [0.29, 0.717) is 18.0 Å². The molecule has 1 aromatic heterocycles. The predicted molar refractivity (Wildman–Crippen MR) is 122 cm³/mol. The summed E-state index contributed by atoms with van der Waals surface area (Å²) in [5.74, 6) is -0.0764. The Labute approximate surface area is 184 Å². The van der Waals surface area contributed by atoms with Crippen LogP contribution in [0.4, 0.5) is 0 Å². The highest BCUT2D eigenvalue weighted by molar-refractivity contribution is 6.34. The number of rotatable bonds is 6. The number of aryl methyl sites for hydroxylation is 1. The molecule has 0 atom stereocenters. The average molecular weight is 436 g/mol. The van der Waals surface area contributed by atoms with Gasteiger partial charge in [-0.05, 0) is 34.9 Å². The molecule has 0 aliphatic rings. The second kappa shape index (κ2) is 8.79. The van der Waals surface area contributed by atoms with Crippen molar-refractivity contribution < 1.29 is 14.6 Å². The first-order chi connectivity index (χ1) is 15.0. The van der Waals surface area contributed by atoms with Gasteiger partial charge in [0.05, 0.1) is 29.8 Å². The lowest BCUT2D eigenvalue weighted by Gasteiger charge is -2.10. The molecular weight excluding hydrogens is 414 g/mol. The van der Waals surface area contributed by atoms with Crippen molar-refractivity contribution in [1.82, 2.24) is 10.2 Å². The van der Waals surface area contributed by atoms with Gasteiger partial charge in [0, 0.05) is 29.5 Å². The predicted octanol–water partition coefficient (Wildman–Crippen LogP) is 4.82. The molecule has 31 heavy (non-hydrogen) atoms. The van der Waals surface area contributed by atoms with Crippen LogP contribution in [0, 0.1) is 0 Å². The number of methoxy groups -OCH3 is 1. The Bertz CT molecular complexity index is 1250. The summed E-state index contributed by atoms with van der Waals surface area (Å²) in [6.45, 7) is 0.378. The van der Waals surface area contributed by atoms with E-state index in [1.807, 2.05) is 48.5 Å². The zero-order valence-corrected chi connectivity index (χ0v) is 17.7. The molecule has 0 spiro atoms. The molecule has 0 saturated carbocycles. The zero-order chi connectivity index (χ0) is 22.0. The van der Waals surface area contributed by atoms with Crippen molar-refractivity contribution in [3.8, 4) is 28.0 Å². The number of phenols is 1. The molecular formula is C24H22ClN3O3. The fraction of sp³-hybridized carbons (Fsp3) is 0.167. The summed E-state index contributed by atoms with van der Waals surface area (Å²) in [6.07, 6.45) is 0.736. The minimum atomic E-state index is -0.274. The number of H-pyrrole nitrogens is 1. The van der Waals surface area contributed by atoms with Crippen molar-refractivity contribution in [2.24, 2.45) is 5.73 Å². The van der Waals surface area contributed by atoms with E-state index in [1.54, 1.807) is 6.07 Å². The number of hydrogen-bond acceptors (Lipinski definition) is 5. The van der Waals surface area contributed by atoms with Gasteiger partial charge >= 0.3 is 5.97 Å². The van der Waals surface area contributed by atoms with Crippen molar-refractivity contribution >= 4 is 28.5 Å². The smallest absolute Gasteiger partial charge is 0.305 e. The molecule has 0 radical (unpaired) electrons. The molecule has 1 heterocycles. The highest BCUT2D eigenvalue weighted by Crippen LogP contribution is 2.35. The Hall–Kier alpha value is -3.35. The van der Waals surface area contributed by atoms with E-state index in [2.05, 4.69) is 10.2 Å². The number of ether oxygens (including phenoxy) is 1. The van der Waals surface area contributed by atoms with Crippen molar-refractivity contribution in [1.29, 1.82) is 0 Å². The van der Waals surface area contributed by atoms with Crippen LogP contribution in [0.2, 0.25) is 5.02 Å². The van der Waals surface area contributed by atoms with Gasteiger partial charge in [0.25, 0.3) is 0 Å². The fourth-order valence-corrected chi connectivity index (χ4v) is 3.88. The van der Waals surface area contributed by atoms with E-state index in [4.69, 9.17) is 22.1 Å². The highest BCUT2D eigenvalue weighted by atomic mass is 35.5. The second-order valence-electron chi connectivity index (χ2n) is 7.26. The van der Waals surface area contributed by atoms with Gasteiger partial charge in [-0.3, -0.25) is 9.89 Å². The summed E-state index contributed by atoms with van der Waals surface area (Å²) in [7, 11) is 1.37. The minimum absolute atomic E-state index is 0.198. The Morgan fingerprint density at radius 2 is 1.81 bits per heavy atom. The molecule has 4 rings (SSSR count). The molecule has 158 valence electrons. The zero-order valence-electron chi connectivity index (χ0n) is 17.0. The lowest BCUT2D eigenvalue weighted by Crippen LogP contribution is -2.02. The number of nitrogens with one attached hydrogen (secondary N) is 1. The van der Waals surface area contributed by atoms with E-state index in [-0.39, 0.29) is 18.1 Å². The summed E-state index contributed by atoms with van der Waals surface area (Å²) in [4.78, 5) is 11.5. The Morgan fingerprint density at radius 1 is 1.10 bits per heavy atom. The quantitative estimate of drug-likeness (QED) is 0.377. The van der Waals surface area contributed by atoms with E-state index in [9.17, 15) is 9.90 Å². The van der Waals surface area contributed by atoms with Gasteiger partial charge in [-0.2, -0.15) is 5.10 Å². The average Bonchev–Trinajstić information content (AvgIpc) is 3.18. The number of esters is 1. The number of benzene rings is 3. The largest absolute Gasteiger partial charge is 0.507 e. The monoisotopic (exact) mass is 435 g/mol. The van der Waals surface area contributed by atoms with Crippen LogP contribution in [0.25, 0.3) is 33.2 Å². The molecule has 0 aliphatic carbocycles. The number of carbonyl (C=O) groups excluding carboxylic acids is 1. The Kier molecular flexibility index (Phi) is 5.93. The van der Waals surface area contributed by atoms with Gasteiger partial charge < -0.3 is 15.6 Å². The summed E-state index contributed by atoms with van der Waals surface area (Å²) in [5.41, 5.74) is 11.6. The number of halogens is 1. The van der Waals surface area contributed by atoms with Crippen LogP contribution < -0.4 is 5.73 Å². The number of aromatic nitrogens is 2. The Balaban J connectivity index is 1.66. The van der Waals surface area contributed by atoms with E-state index in [0.717, 1.165) is 44.4 Å². The molecule has 0 aliphatic heterocycles. The minimum Gasteiger partial charge on any atom is -0.507 e. The van der Waals surface area contributed by atoms with Crippen molar-refractivity contribution in [3.63, 3.8) is 0 Å². The number of nitrogens with zero attached hydrogens (tertiary/aromatic N) is 1. The van der Waals surface area contributed by atoms with Gasteiger partial charge in [-0.15, -0.1) is 0 Å². The molecule has 4 N–H and O–H groups in total. The maximum atomic E-state index is 11.5. The van der Waals surface area contributed by atoms with E-state index >= 15 is 0 Å². The van der Waals surface area contributed by atoms with Gasteiger partial charge in [0.2, 0.25) is 0 Å². The normalized spacial score (nSPS) is 11.1. The van der Waals surface area contributed by atoms with Crippen LogP contribution in [0.15, 0.2) is 54.6 Å². The highest BCUT2D eigenvalue weighted by Gasteiger charge is 2.13. The summed E-state index contributed by atoms with van der Waals surface area (Å²) in [6, 6.07) is 17.1. The van der Waals surface area contributed by atoms with Crippen molar-refractivity contribution in [2.45, 2.75) is 19.4 Å². The van der Waals surface area contributed by atoms with Crippen LogP contribution >= 0.6 is 11.6 Å². The number of fused-ring (bicyclic) bond motifs is 1. The van der Waals surface area contributed by atoms with Gasteiger partial charge in [-0.1, -0.05) is 48.0 Å². The van der Waals surface area contributed by atoms with Crippen LogP contribution in [-0.4, -0.2) is 28.4 Å². The Morgan fingerprint density at radius 3 is 2.45 bits per heavy atom. The van der Waals surface area contributed by atoms with Crippen LogP contribution in [-0.2, 0) is 22.5 Å². The third kappa shape index (κ3) is 4.26. The standard InChI is InChI=1S/C24H22ClN3O3/c1-31-24(30)9-8-21-19-11-18(20(25)12-22(19)28-27-21)16-5-3-15(4-6-16)17-7-2-14(13-26)10-23(17)29/h2-7,10-12,29H,8-9,13,26H2,1H3,(H,27,28). The van der Waals surface area contributed by atoms with Crippen molar-refractivity contribution in [3.05, 3.63) is 70.9 Å². The molecule has 0 amide bonds. The third-order valence-electron chi connectivity index (χ3n) is 5.33. The first-order valence-corrected chi connectivity index (χ1v) is 10.2. The maximum Gasteiger partial charge on any atom is 0.305 e. The molecule has 3 aromatic carbocycles. The van der Waals surface area contributed by atoms with Gasteiger partial charge in [-0.25, -0.2) is 0 Å². The first-order valence-electron chi connectivity index (χ1n) is 9.86. The van der Waals surface area contributed by atoms with E-state index in [1.165, 1.54) is 7.11 Å². The number of aromatic amines is 1. The SMILES string of the molecule is COC(=O)CCc1n[nH]c2cc(Cl)c(-c3ccc(-c4ccc(CN)cc4O)cc3)cc12. The van der Waals surface area contributed by atoms with Crippen molar-refractivity contribution in [2.75, 3.05) is 7.11 Å². The lowest BCUT2D eigenvalue weighted by atomic mass is 9.97. The van der Waals surface area contributed by atoms with Gasteiger partial charge in [0.1, 0.15) is 5.75 Å².